The Bertz CT molecular complexity index is 167. The van der Waals surface area contributed by atoms with Crippen molar-refractivity contribution in [2.45, 2.75) is 41.0 Å². The van der Waals surface area contributed by atoms with Gasteiger partial charge in [-0.05, 0) is 31.6 Å². The summed E-state index contributed by atoms with van der Waals surface area (Å²) in [6, 6.07) is 0. The van der Waals surface area contributed by atoms with Crippen LogP contribution in [0.25, 0.3) is 0 Å². The Balaban J connectivity index is 4.34. The Labute approximate surface area is 77.4 Å². The Morgan fingerprint density at radius 3 is 2.17 bits per heavy atom. The molecule has 0 nitrogen and oxygen atoms in total. The van der Waals surface area contributed by atoms with Gasteiger partial charge in [-0.25, -0.2) is 0 Å². The highest BCUT2D eigenvalue weighted by Crippen LogP contribution is 2.31. The van der Waals surface area contributed by atoms with Crippen LogP contribution < -0.4 is 0 Å². The largest absolute Gasteiger partial charge is 0.100 e. The van der Waals surface area contributed by atoms with Crippen molar-refractivity contribution in [3.05, 3.63) is 24.3 Å². The van der Waals surface area contributed by atoms with Crippen LogP contribution in [0.15, 0.2) is 24.3 Å². The second kappa shape index (κ2) is 4.49. The second-order valence-corrected chi connectivity index (χ2v) is 4.66. The molecule has 1 unspecified atom stereocenters. The van der Waals surface area contributed by atoms with Crippen LogP contribution in [0.5, 0.6) is 0 Å². The molecule has 70 valence electrons. The molecule has 0 radical (unpaired) electrons. The summed E-state index contributed by atoms with van der Waals surface area (Å²) in [4.78, 5) is 0. The van der Waals surface area contributed by atoms with Gasteiger partial charge in [0, 0.05) is 0 Å². The van der Waals surface area contributed by atoms with Crippen LogP contribution >= 0.6 is 0 Å². The zero-order valence-electron chi connectivity index (χ0n) is 9.15. The first-order valence-electron chi connectivity index (χ1n) is 4.65. The quantitative estimate of drug-likeness (QED) is 0.551. The van der Waals surface area contributed by atoms with Crippen LogP contribution in [0.3, 0.4) is 0 Å². The fraction of sp³-hybridized carbons (Fsp3) is 0.667. The molecule has 12 heavy (non-hydrogen) atoms. The predicted molar refractivity (Wildman–Crippen MR) is 57.2 cm³/mol. The minimum atomic E-state index is 0.353. The first kappa shape index (κ1) is 11.5. The maximum absolute atomic E-state index is 3.96. The van der Waals surface area contributed by atoms with Crippen molar-refractivity contribution in [2.75, 3.05) is 0 Å². The summed E-state index contributed by atoms with van der Waals surface area (Å²) in [6.45, 7) is 15.0. The maximum atomic E-state index is 3.96. The zero-order chi connectivity index (χ0) is 9.78. The van der Waals surface area contributed by atoms with Crippen molar-refractivity contribution in [2.24, 2.45) is 11.3 Å². The first-order valence-corrected chi connectivity index (χ1v) is 4.65. The van der Waals surface area contributed by atoms with Gasteiger partial charge in [-0.3, -0.25) is 0 Å². The SMILES string of the molecule is C=C(C)CC(/C=C\C)C(C)(C)C. The molecule has 0 aliphatic carbocycles. The first-order chi connectivity index (χ1) is 5.38. The van der Waals surface area contributed by atoms with Crippen LogP contribution in [0, 0.1) is 11.3 Å². The number of rotatable bonds is 3. The van der Waals surface area contributed by atoms with E-state index in [1.807, 2.05) is 0 Å². The molecule has 0 aromatic heterocycles. The van der Waals surface area contributed by atoms with Gasteiger partial charge in [0.25, 0.3) is 0 Å². The molecule has 0 heterocycles. The van der Waals surface area contributed by atoms with Gasteiger partial charge < -0.3 is 0 Å². The number of hydrogen-bond donors (Lipinski definition) is 0. The Morgan fingerprint density at radius 2 is 1.92 bits per heavy atom. The molecule has 0 N–H and O–H groups in total. The third-order valence-electron chi connectivity index (χ3n) is 2.11. The van der Waals surface area contributed by atoms with Crippen LogP contribution in [0.1, 0.15) is 41.0 Å². The van der Waals surface area contributed by atoms with Gasteiger partial charge in [-0.2, -0.15) is 0 Å². The van der Waals surface area contributed by atoms with Crippen LogP contribution in [0.4, 0.5) is 0 Å². The van der Waals surface area contributed by atoms with E-state index >= 15 is 0 Å². The van der Waals surface area contributed by atoms with Gasteiger partial charge >= 0.3 is 0 Å². The summed E-state index contributed by atoms with van der Waals surface area (Å²) < 4.78 is 0. The number of hydrogen-bond acceptors (Lipinski definition) is 0. The average molecular weight is 166 g/mol. The molecular weight excluding hydrogens is 144 g/mol. The summed E-state index contributed by atoms with van der Waals surface area (Å²) in [7, 11) is 0. The minimum Gasteiger partial charge on any atom is -0.100 e. The van der Waals surface area contributed by atoms with E-state index in [1.165, 1.54) is 5.57 Å². The molecular formula is C12H22. The molecule has 0 amide bonds. The lowest BCUT2D eigenvalue weighted by molar-refractivity contribution is 0.291. The van der Waals surface area contributed by atoms with E-state index < -0.39 is 0 Å². The van der Waals surface area contributed by atoms with Gasteiger partial charge in [-0.15, -0.1) is 6.58 Å². The molecule has 0 bridgehead atoms. The van der Waals surface area contributed by atoms with Gasteiger partial charge in [0.05, 0.1) is 0 Å². The third-order valence-corrected chi connectivity index (χ3v) is 2.11. The van der Waals surface area contributed by atoms with Crippen molar-refractivity contribution in [1.82, 2.24) is 0 Å². The van der Waals surface area contributed by atoms with E-state index in [4.69, 9.17) is 0 Å². The van der Waals surface area contributed by atoms with Crippen molar-refractivity contribution in [3.63, 3.8) is 0 Å². The lowest BCUT2D eigenvalue weighted by Gasteiger charge is -2.28. The molecule has 0 saturated heterocycles. The fourth-order valence-electron chi connectivity index (χ4n) is 1.27. The van der Waals surface area contributed by atoms with E-state index in [0.717, 1.165) is 6.42 Å². The highest BCUT2D eigenvalue weighted by atomic mass is 14.3. The highest BCUT2D eigenvalue weighted by Gasteiger charge is 2.21. The highest BCUT2D eigenvalue weighted by molar-refractivity contribution is 5.01. The standard InChI is InChI=1S/C12H22/c1-7-8-11(9-10(2)3)12(4,5)6/h7-8,11H,2,9H2,1,3-6H3/b8-7-. The number of allylic oxidation sites excluding steroid dienone is 3. The summed E-state index contributed by atoms with van der Waals surface area (Å²) in [6.07, 6.45) is 5.53. The molecule has 0 rings (SSSR count). The molecule has 0 aliphatic heterocycles. The van der Waals surface area contributed by atoms with Gasteiger partial charge in [-0.1, -0.05) is 38.5 Å². The monoisotopic (exact) mass is 166 g/mol. The zero-order valence-corrected chi connectivity index (χ0v) is 9.15. The van der Waals surface area contributed by atoms with Crippen LogP contribution in [-0.4, -0.2) is 0 Å². The van der Waals surface area contributed by atoms with E-state index in [-0.39, 0.29) is 0 Å². The van der Waals surface area contributed by atoms with Gasteiger partial charge in [0.2, 0.25) is 0 Å². The Hall–Kier alpha value is -0.520. The topological polar surface area (TPSA) is 0 Å². The molecule has 0 aromatic carbocycles. The lowest BCUT2D eigenvalue weighted by atomic mass is 9.77. The van der Waals surface area contributed by atoms with Crippen molar-refractivity contribution in [3.8, 4) is 0 Å². The van der Waals surface area contributed by atoms with Crippen molar-refractivity contribution < 1.29 is 0 Å². The lowest BCUT2D eigenvalue weighted by Crippen LogP contribution is -2.18. The van der Waals surface area contributed by atoms with Gasteiger partial charge in [0.1, 0.15) is 0 Å². The molecule has 0 heteroatoms. The Kier molecular flexibility index (Phi) is 4.30. The molecule has 0 spiro atoms. The van der Waals surface area contributed by atoms with E-state index in [2.05, 4.69) is 53.3 Å². The smallest absolute Gasteiger partial charge is 0.0148 e. The Morgan fingerprint density at radius 1 is 1.42 bits per heavy atom. The second-order valence-electron chi connectivity index (χ2n) is 4.66. The minimum absolute atomic E-state index is 0.353. The molecule has 0 aromatic rings. The molecule has 0 saturated carbocycles. The van der Waals surface area contributed by atoms with E-state index in [9.17, 15) is 0 Å². The molecule has 0 aliphatic rings. The van der Waals surface area contributed by atoms with Crippen molar-refractivity contribution >= 4 is 0 Å². The maximum Gasteiger partial charge on any atom is -0.0148 e. The fourth-order valence-corrected chi connectivity index (χ4v) is 1.27. The molecule has 0 fully saturated rings. The van der Waals surface area contributed by atoms with Crippen molar-refractivity contribution in [1.29, 1.82) is 0 Å². The normalized spacial score (nSPS) is 15.1. The van der Waals surface area contributed by atoms with Gasteiger partial charge in [0.15, 0.2) is 0 Å². The summed E-state index contributed by atoms with van der Waals surface area (Å²) >= 11 is 0. The summed E-state index contributed by atoms with van der Waals surface area (Å²) in [5.41, 5.74) is 1.62. The summed E-state index contributed by atoms with van der Waals surface area (Å²) in [5.74, 6) is 0.625. The van der Waals surface area contributed by atoms with Crippen LogP contribution in [0.2, 0.25) is 0 Å². The predicted octanol–water partition coefficient (Wildman–Crippen LogP) is 4.19. The van der Waals surface area contributed by atoms with Crippen LogP contribution in [-0.2, 0) is 0 Å². The average Bonchev–Trinajstić information content (AvgIpc) is 1.83. The van der Waals surface area contributed by atoms with E-state index in [0.29, 0.717) is 11.3 Å². The molecule has 1 atom stereocenters. The summed E-state index contributed by atoms with van der Waals surface area (Å²) in [5, 5.41) is 0. The third kappa shape index (κ3) is 4.38. The van der Waals surface area contributed by atoms with E-state index in [1.54, 1.807) is 0 Å².